The van der Waals surface area contributed by atoms with Crippen molar-refractivity contribution in [2.24, 2.45) is 4.99 Å². The van der Waals surface area contributed by atoms with Crippen molar-refractivity contribution in [3.63, 3.8) is 0 Å². The number of rotatable bonds is 8. The minimum absolute atomic E-state index is 0.186. The summed E-state index contributed by atoms with van der Waals surface area (Å²) in [4.78, 5) is 10.7. The number of thiazole rings is 1. The predicted molar refractivity (Wildman–Crippen MR) is 117 cm³/mol. The number of guanidine groups is 1. The molecule has 0 aliphatic carbocycles. The molecule has 2 heterocycles. The van der Waals surface area contributed by atoms with Crippen molar-refractivity contribution in [2.75, 3.05) is 32.8 Å². The SMILES string of the molecule is CCNC(=NCC1(c2cccc(F)c2)CCOCC1)NCCc1ncc(CC)s1. The molecule has 7 heteroatoms. The maximum absolute atomic E-state index is 13.9. The molecule has 1 aliphatic heterocycles. The van der Waals surface area contributed by atoms with Crippen molar-refractivity contribution in [1.82, 2.24) is 15.6 Å². The van der Waals surface area contributed by atoms with Gasteiger partial charge < -0.3 is 15.4 Å². The molecule has 0 saturated carbocycles. The zero-order valence-corrected chi connectivity index (χ0v) is 18.2. The van der Waals surface area contributed by atoms with E-state index < -0.39 is 0 Å². The second-order valence-electron chi connectivity index (χ2n) is 7.35. The van der Waals surface area contributed by atoms with Crippen LogP contribution < -0.4 is 10.6 Å². The van der Waals surface area contributed by atoms with E-state index >= 15 is 0 Å². The molecule has 3 rings (SSSR count). The van der Waals surface area contributed by atoms with E-state index in [1.807, 2.05) is 12.3 Å². The van der Waals surface area contributed by atoms with Gasteiger partial charge in [0.05, 0.1) is 11.6 Å². The molecule has 29 heavy (non-hydrogen) atoms. The lowest BCUT2D eigenvalue weighted by atomic mass is 9.74. The first-order valence-corrected chi connectivity index (χ1v) is 11.3. The van der Waals surface area contributed by atoms with Crippen LogP contribution in [0.1, 0.15) is 42.1 Å². The zero-order chi connectivity index (χ0) is 20.5. The van der Waals surface area contributed by atoms with Crippen LogP contribution in [0.15, 0.2) is 35.5 Å². The molecular formula is C22H31FN4OS. The largest absolute Gasteiger partial charge is 0.381 e. The fourth-order valence-corrected chi connectivity index (χ4v) is 4.47. The monoisotopic (exact) mass is 418 g/mol. The molecule has 158 valence electrons. The fraction of sp³-hybridized carbons (Fsp3) is 0.545. The maximum Gasteiger partial charge on any atom is 0.191 e. The van der Waals surface area contributed by atoms with Crippen LogP contribution in [-0.4, -0.2) is 43.8 Å². The third kappa shape index (κ3) is 6.00. The average Bonchev–Trinajstić information content (AvgIpc) is 3.21. The number of aromatic nitrogens is 1. The Labute approximate surface area is 176 Å². The highest BCUT2D eigenvalue weighted by atomic mass is 32.1. The number of hydrogen-bond donors (Lipinski definition) is 2. The van der Waals surface area contributed by atoms with E-state index in [1.165, 1.54) is 10.9 Å². The first kappa shape index (κ1) is 21.7. The lowest BCUT2D eigenvalue weighted by Gasteiger charge is -2.36. The van der Waals surface area contributed by atoms with Crippen molar-refractivity contribution in [3.8, 4) is 0 Å². The summed E-state index contributed by atoms with van der Waals surface area (Å²) >= 11 is 1.77. The van der Waals surface area contributed by atoms with Crippen molar-refractivity contribution in [3.05, 3.63) is 51.7 Å². The quantitative estimate of drug-likeness (QED) is 0.507. The molecule has 2 aromatic rings. The number of nitrogens with one attached hydrogen (secondary N) is 2. The van der Waals surface area contributed by atoms with Crippen LogP contribution >= 0.6 is 11.3 Å². The normalized spacial score (nSPS) is 16.6. The molecule has 5 nitrogen and oxygen atoms in total. The van der Waals surface area contributed by atoms with Crippen molar-refractivity contribution in [2.45, 2.75) is 44.9 Å². The Kier molecular flexibility index (Phi) is 8.00. The van der Waals surface area contributed by atoms with Crippen LogP contribution in [0.3, 0.4) is 0 Å². The Balaban J connectivity index is 1.67. The van der Waals surface area contributed by atoms with Gasteiger partial charge in [-0.3, -0.25) is 4.99 Å². The highest BCUT2D eigenvalue weighted by molar-refractivity contribution is 7.11. The standard InChI is InChI=1S/C22H31FN4OS/c1-3-19-15-26-20(29-19)8-11-25-21(24-4-2)27-16-22(9-12-28-13-10-22)17-6-5-7-18(23)14-17/h5-7,14-15H,3-4,8-13,16H2,1-2H3,(H2,24,25,27). The van der Waals surface area contributed by atoms with Crippen molar-refractivity contribution < 1.29 is 9.13 Å². The van der Waals surface area contributed by atoms with Gasteiger partial charge in [-0.2, -0.15) is 0 Å². The number of aryl methyl sites for hydroxylation is 1. The summed E-state index contributed by atoms with van der Waals surface area (Å²) in [6.07, 6.45) is 5.56. The highest BCUT2D eigenvalue weighted by Crippen LogP contribution is 2.35. The molecule has 0 bridgehead atoms. The second-order valence-corrected chi connectivity index (χ2v) is 8.55. The van der Waals surface area contributed by atoms with E-state index in [2.05, 4.69) is 29.5 Å². The van der Waals surface area contributed by atoms with E-state index in [0.717, 1.165) is 55.3 Å². The van der Waals surface area contributed by atoms with E-state index in [1.54, 1.807) is 23.5 Å². The Bertz CT molecular complexity index is 802. The molecule has 0 atom stereocenters. The number of hydrogen-bond acceptors (Lipinski definition) is 4. The molecule has 0 unspecified atom stereocenters. The number of halogens is 1. The minimum atomic E-state index is -0.197. The van der Waals surface area contributed by atoms with E-state index in [9.17, 15) is 4.39 Å². The van der Waals surface area contributed by atoms with Crippen LogP contribution in [0.25, 0.3) is 0 Å². The van der Waals surface area contributed by atoms with Gasteiger partial charge in [0.15, 0.2) is 5.96 Å². The van der Waals surface area contributed by atoms with Crippen LogP contribution in [0.5, 0.6) is 0 Å². The maximum atomic E-state index is 13.9. The molecular weight excluding hydrogens is 387 g/mol. The molecule has 2 N–H and O–H groups in total. The van der Waals surface area contributed by atoms with Gasteiger partial charge in [0, 0.05) is 49.2 Å². The molecule has 0 spiro atoms. The third-order valence-electron chi connectivity index (χ3n) is 5.35. The van der Waals surface area contributed by atoms with Gasteiger partial charge in [-0.05, 0) is 43.9 Å². The van der Waals surface area contributed by atoms with Crippen LogP contribution in [0, 0.1) is 5.82 Å². The van der Waals surface area contributed by atoms with E-state index in [-0.39, 0.29) is 11.2 Å². The molecule has 0 amide bonds. The first-order valence-electron chi connectivity index (χ1n) is 10.4. The fourth-order valence-electron chi connectivity index (χ4n) is 3.61. The summed E-state index contributed by atoms with van der Waals surface area (Å²) in [6.45, 7) is 7.74. The summed E-state index contributed by atoms with van der Waals surface area (Å²) < 4.78 is 19.4. The van der Waals surface area contributed by atoms with Gasteiger partial charge in [-0.15, -0.1) is 11.3 Å². The van der Waals surface area contributed by atoms with Crippen molar-refractivity contribution in [1.29, 1.82) is 0 Å². The van der Waals surface area contributed by atoms with Gasteiger partial charge in [-0.25, -0.2) is 9.37 Å². The topological polar surface area (TPSA) is 58.5 Å². The van der Waals surface area contributed by atoms with Gasteiger partial charge >= 0.3 is 0 Å². The second kappa shape index (κ2) is 10.7. The number of benzene rings is 1. The van der Waals surface area contributed by atoms with Crippen LogP contribution in [0.2, 0.25) is 0 Å². The third-order valence-corrected chi connectivity index (χ3v) is 6.55. The molecule has 1 saturated heterocycles. The summed E-state index contributed by atoms with van der Waals surface area (Å²) in [7, 11) is 0. The molecule has 1 aromatic carbocycles. The molecule has 1 aromatic heterocycles. The molecule has 0 radical (unpaired) electrons. The summed E-state index contributed by atoms with van der Waals surface area (Å²) in [5, 5.41) is 7.88. The van der Waals surface area contributed by atoms with Crippen LogP contribution in [0.4, 0.5) is 4.39 Å². The highest BCUT2D eigenvalue weighted by Gasteiger charge is 2.34. The Morgan fingerprint density at radius 2 is 2.10 bits per heavy atom. The van der Waals surface area contributed by atoms with E-state index in [0.29, 0.717) is 19.8 Å². The van der Waals surface area contributed by atoms with Crippen LogP contribution in [-0.2, 0) is 23.0 Å². The van der Waals surface area contributed by atoms with Gasteiger partial charge in [0.1, 0.15) is 5.82 Å². The lowest BCUT2D eigenvalue weighted by Crippen LogP contribution is -2.41. The number of ether oxygens (including phenoxy) is 1. The Hall–Kier alpha value is -1.99. The minimum Gasteiger partial charge on any atom is -0.381 e. The number of nitrogens with zero attached hydrogens (tertiary/aromatic N) is 2. The molecule has 1 aliphatic rings. The predicted octanol–water partition coefficient (Wildman–Crippen LogP) is 3.69. The first-order chi connectivity index (χ1) is 14.1. The van der Waals surface area contributed by atoms with Gasteiger partial charge in [0.25, 0.3) is 0 Å². The number of aliphatic imine (C=N–C) groups is 1. The Morgan fingerprint density at radius 3 is 2.79 bits per heavy atom. The van der Waals surface area contributed by atoms with Gasteiger partial charge in [-0.1, -0.05) is 19.1 Å². The molecule has 1 fully saturated rings. The van der Waals surface area contributed by atoms with E-state index in [4.69, 9.17) is 9.73 Å². The Morgan fingerprint density at radius 1 is 1.28 bits per heavy atom. The summed E-state index contributed by atoms with van der Waals surface area (Å²) in [5.41, 5.74) is 0.823. The summed E-state index contributed by atoms with van der Waals surface area (Å²) in [5.74, 6) is 0.597. The lowest BCUT2D eigenvalue weighted by molar-refractivity contribution is 0.0530. The van der Waals surface area contributed by atoms with Gasteiger partial charge in [0.2, 0.25) is 0 Å². The van der Waals surface area contributed by atoms with Crippen molar-refractivity contribution >= 4 is 17.3 Å². The smallest absolute Gasteiger partial charge is 0.191 e. The summed E-state index contributed by atoms with van der Waals surface area (Å²) in [6, 6.07) is 6.94. The average molecular weight is 419 g/mol. The zero-order valence-electron chi connectivity index (χ0n) is 17.3.